The number of nitrogens with one attached hydrogen (secondary N) is 1. The molecule has 0 saturated heterocycles. The molecule has 3 nitrogen and oxygen atoms in total. The van der Waals surface area contributed by atoms with E-state index >= 15 is 0 Å². The van der Waals surface area contributed by atoms with Gasteiger partial charge in [0.1, 0.15) is 5.78 Å². The summed E-state index contributed by atoms with van der Waals surface area (Å²) in [5.41, 5.74) is 5.69. The third-order valence-electron chi connectivity index (χ3n) is 7.21. The molecule has 0 spiro atoms. The maximum atomic E-state index is 12.3. The van der Waals surface area contributed by atoms with Crippen LogP contribution in [0.4, 0.5) is 0 Å². The van der Waals surface area contributed by atoms with Crippen LogP contribution >= 0.6 is 0 Å². The highest BCUT2D eigenvalue weighted by atomic mass is 16.1. The van der Waals surface area contributed by atoms with E-state index in [-0.39, 0.29) is 0 Å². The van der Waals surface area contributed by atoms with E-state index in [0.29, 0.717) is 18.4 Å². The van der Waals surface area contributed by atoms with Gasteiger partial charge >= 0.3 is 0 Å². The van der Waals surface area contributed by atoms with E-state index in [1.54, 1.807) is 0 Å². The van der Waals surface area contributed by atoms with Crippen molar-refractivity contribution >= 4 is 5.78 Å². The van der Waals surface area contributed by atoms with Crippen LogP contribution in [0.25, 0.3) is 0 Å². The normalized spacial score (nSPS) is 12.5. The van der Waals surface area contributed by atoms with Gasteiger partial charge in [0.25, 0.3) is 0 Å². The molecule has 0 aliphatic carbocycles. The SMILES string of the molecule is CCCCCCCC/C=C\CCCCCCCC(=O)CCCC(CCCCCCCC)NCCN. The van der Waals surface area contributed by atoms with Gasteiger partial charge in [0.15, 0.2) is 0 Å². The minimum Gasteiger partial charge on any atom is -0.329 e. The molecule has 0 aliphatic heterocycles. The predicted octanol–water partition coefficient (Wildman–Crippen LogP) is 9.43. The number of ketones is 1. The van der Waals surface area contributed by atoms with Gasteiger partial charge in [-0.1, -0.05) is 116 Å². The van der Waals surface area contributed by atoms with Crippen molar-refractivity contribution in [3.63, 3.8) is 0 Å². The number of hydrogen-bond acceptors (Lipinski definition) is 3. The van der Waals surface area contributed by atoms with Crippen molar-refractivity contribution in [1.82, 2.24) is 5.32 Å². The standard InChI is InChI=1S/C32H64N2O/c1-3-5-7-9-11-12-13-14-15-16-17-18-19-21-23-27-32(35)28-24-26-31(34-30-29-33)25-22-20-10-8-6-4-2/h14-15,31,34H,3-13,16-30,33H2,1-2H3/b15-14-. The Morgan fingerprint density at radius 3 is 1.66 bits per heavy atom. The van der Waals surface area contributed by atoms with Gasteiger partial charge in [-0.2, -0.15) is 0 Å². The van der Waals surface area contributed by atoms with E-state index in [2.05, 4.69) is 31.3 Å². The van der Waals surface area contributed by atoms with Gasteiger partial charge in [-0.05, 0) is 51.4 Å². The van der Waals surface area contributed by atoms with E-state index in [9.17, 15) is 4.79 Å². The zero-order chi connectivity index (χ0) is 25.7. The van der Waals surface area contributed by atoms with Crippen molar-refractivity contribution in [2.24, 2.45) is 5.73 Å². The number of hydrogen-bond donors (Lipinski definition) is 2. The summed E-state index contributed by atoms with van der Waals surface area (Å²) in [5, 5.41) is 3.60. The number of rotatable bonds is 29. The maximum absolute atomic E-state index is 12.3. The van der Waals surface area contributed by atoms with E-state index in [1.807, 2.05) is 0 Å². The first-order valence-electron chi connectivity index (χ1n) is 15.8. The fraction of sp³-hybridized carbons (Fsp3) is 0.906. The Hall–Kier alpha value is -0.670. The van der Waals surface area contributed by atoms with Crippen molar-refractivity contribution in [3.05, 3.63) is 12.2 Å². The zero-order valence-corrected chi connectivity index (χ0v) is 24.1. The van der Waals surface area contributed by atoms with E-state index in [4.69, 9.17) is 5.73 Å². The molecule has 0 aromatic carbocycles. The smallest absolute Gasteiger partial charge is 0.132 e. The molecule has 3 N–H and O–H groups in total. The molecular formula is C32H64N2O. The number of allylic oxidation sites excluding steroid dienone is 2. The third kappa shape index (κ3) is 27.8. The van der Waals surface area contributed by atoms with Crippen molar-refractivity contribution in [1.29, 1.82) is 0 Å². The molecule has 0 rings (SSSR count). The van der Waals surface area contributed by atoms with Crippen LogP contribution in [0.3, 0.4) is 0 Å². The summed E-state index contributed by atoms with van der Waals surface area (Å²) in [5.74, 6) is 0.472. The second-order valence-electron chi connectivity index (χ2n) is 10.8. The van der Waals surface area contributed by atoms with E-state index < -0.39 is 0 Å². The van der Waals surface area contributed by atoms with Crippen molar-refractivity contribution in [2.45, 2.75) is 174 Å². The molecule has 0 heterocycles. The van der Waals surface area contributed by atoms with Gasteiger partial charge in [-0.25, -0.2) is 0 Å². The van der Waals surface area contributed by atoms with Gasteiger partial charge in [-0.3, -0.25) is 4.79 Å². The zero-order valence-electron chi connectivity index (χ0n) is 24.1. The number of Topliss-reactive ketones (excluding diaryl/α,β-unsaturated/α-hetero) is 1. The molecule has 35 heavy (non-hydrogen) atoms. The van der Waals surface area contributed by atoms with Gasteiger partial charge in [-0.15, -0.1) is 0 Å². The number of unbranched alkanes of at least 4 members (excludes halogenated alkanes) is 16. The lowest BCUT2D eigenvalue weighted by Crippen LogP contribution is -2.33. The first kappa shape index (κ1) is 34.3. The van der Waals surface area contributed by atoms with Crippen molar-refractivity contribution < 1.29 is 4.79 Å². The summed E-state index contributed by atoms with van der Waals surface area (Å²) in [6.07, 6.45) is 34.8. The fourth-order valence-corrected chi connectivity index (χ4v) is 4.87. The van der Waals surface area contributed by atoms with Crippen LogP contribution in [0.1, 0.15) is 168 Å². The lowest BCUT2D eigenvalue weighted by molar-refractivity contribution is -0.119. The third-order valence-corrected chi connectivity index (χ3v) is 7.21. The van der Waals surface area contributed by atoms with Crippen LogP contribution in [0.15, 0.2) is 12.2 Å². The Bertz CT molecular complexity index is 449. The molecule has 0 amide bonds. The summed E-state index contributed by atoms with van der Waals surface area (Å²) in [6, 6.07) is 0.539. The molecule has 0 aromatic heterocycles. The fourth-order valence-electron chi connectivity index (χ4n) is 4.87. The molecule has 0 fully saturated rings. The Kier molecular flexibility index (Phi) is 29.0. The van der Waals surface area contributed by atoms with Crippen LogP contribution < -0.4 is 11.1 Å². The average Bonchev–Trinajstić information content (AvgIpc) is 2.86. The van der Waals surface area contributed by atoms with Gasteiger partial charge in [0.2, 0.25) is 0 Å². The number of carbonyl (C=O) groups excluding carboxylic acids is 1. The topological polar surface area (TPSA) is 55.1 Å². The largest absolute Gasteiger partial charge is 0.329 e. The second kappa shape index (κ2) is 29.6. The van der Waals surface area contributed by atoms with Crippen molar-refractivity contribution in [2.75, 3.05) is 13.1 Å². The molecule has 0 saturated carbocycles. The predicted molar refractivity (Wildman–Crippen MR) is 157 cm³/mol. The minimum atomic E-state index is 0.472. The van der Waals surface area contributed by atoms with Crippen molar-refractivity contribution in [3.8, 4) is 0 Å². The second-order valence-corrected chi connectivity index (χ2v) is 10.8. The highest BCUT2D eigenvalue weighted by Gasteiger charge is 2.09. The lowest BCUT2D eigenvalue weighted by Gasteiger charge is -2.18. The quantitative estimate of drug-likeness (QED) is 0.0807. The first-order valence-corrected chi connectivity index (χ1v) is 15.8. The number of nitrogens with two attached hydrogens (primary N) is 1. The molecular weight excluding hydrogens is 428 g/mol. The monoisotopic (exact) mass is 493 g/mol. The van der Waals surface area contributed by atoms with Crippen LogP contribution in [0.5, 0.6) is 0 Å². The first-order chi connectivity index (χ1) is 17.2. The van der Waals surface area contributed by atoms with E-state index in [0.717, 1.165) is 38.6 Å². The van der Waals surface area contributed by atoms with Crippen LogP contribution in [0.2, 0.25) is 0 Å². The minimum absolute atomic E-state index is 0.472. The average molecular weight is 493 g/mol. The molecule has 3 heteroatoms. The highest BCUT2D eigenvalue weighted by molar-refractivity contribution is 5.78. The Morgan fingerprint density at radius 1 is 0.629 bits per heavy atom. The molecule has 0 bridgehead atoms. The Balaban J connectivity index is 3.58. The summed E-state index contributed by atoms with van der Waals surface area (Å²) >= 11 is 0. The summed E-state index contributed by atoms with van der Waals surface area (Å²) in [7, 11) is 0. The molecule has 1 unspecified atom stereocenters. The summed E-state index contributed by atoms with van der Waals surface area (Å²) < 4.78 is 0. The Morgan fingerprint density at radius 2 is 1.09 bits per heavy atom. The van der Waals surface area contributed by atoms with Gasteiger partial charge in [0, 0.05) is 32.0 Å². The van der Waals surface area contributed by atoms with Crippen LogP contribution in [0, 0.1) is 0 Å². The lowest BCUT2D eigenvalue weighted by atomic mass is 9.99. The summed E-state index contributed by atoms with van der Waals surface area (Å²) in [4.78, 5) is 12.3. The van der Waals surface area contributed by atoms with E-state index in [1.165, 1.54) is 122 Å². The molecule has 0 aliphatic rings. The van der Waals surface area contributed by atoms with Gasteiger partial charge in [0.05, 0.1) is 0 Å². The Labute approximate surface area is 220 Å². The van der Waals surface area contributed by atoms with Crippen LogP contribution in [-0.4, -0.2) is 24.9 Å². The highest BCUT2D eigenvalue weighted by Crippen LogP contribution is 2.14. The molecule has 0 radical (unpaired) electrons. The molecule has 208 valence electrons. The molecule has 0 aromatic rings. The van der Waals surface area contributed by atoms with Gasteiger partial charge < -0.3 is 11.1 Å². The number of carbonyl (C=O) groups is 1. The maximum Gasteiger partial charge on any atom is 0.132 e. The molecule has 1 atom stereocenters. The van der Waals surface area contributed by atoms with Crippen LogP contribution in [-0.2, 0) is 4.79 Å². The summed E-state index contributed by atoms with van der Waals surface area (Å²) in [6.45, 7) is 6.14.